The molecule has 2 fully saturated rings. The third-order valence-electron chi connectivity index (χ3n) is 4.45. The zero-order valence-corrected chi connectivity index (χ0v) is 11.2. The van der Waals surface area contributed by atoms with E-state index in [9.17, 15) is 0 Å². The van der Waals surface area contributed by atoms with Crippen molar-refractivity contribution in [1.29, 1.82) is 0 Å². The third-order valence-corrected chi connectivity index (χ3v) is 4.45. The van der Waals surface area contributed by atoms with Crippen molar-refractivity contribution in [3.63, 3.8) is 0 Å². The van der Waals surface area contributed by atoms with E-state index in [4.69, 9.17) is 0 Å². The maximum absolute atomic E-state index is 3.64. The van der Waals surface area contributed by atoms with Crippen LogP contribution in [0.5, 0.6) is 0 Å². The lowest BCUT2D eigenvalue weighted by molar-refractivity contribution is 0.0606. The zero-order chi connectivity index (χ0) is 11.5. The topological polar surface area (TPSA) is 15.3 Å². The van der Waals surface area contributed by atoms with Crippen LogP contribution in [-0.4, -0.2) is 36.1 Å². The van der Waals surface area contributed by atoms with E-state index in [2.05, 4.69) is 31.0 Å². The molecule has 2 nitrogen and oxygen atoms in total. The summed E-state index contributed by atoms with van der Waals surface area (Å²) in [6.45, 7) is 9.54. The van der Waals surface area contributed by atoms with Crippen molar-refractivity contribution in [3.05, 3.63) is 0 Å². The molecule has 0 amide bonds. The molecule has 0 spiro atoms. The molecule has 1 saturated heterocycles. The molecular formula is C14H28N2. The Kier molecular flexibility index (Phi) is 4.26. The largest absolute Gasteiger partial charge is 0.309 e. The van der Waals surface area contributed by atoms with Crippen LogP contribution >= 0.6 is 0 Å². The summed E-state index contributed by atoms with van der Waals surface area (Å²) in [6.07, 6.45) is 7.20. The number of nitrogens with one attached hydrogen (secondary N) is 1. The molecule has 4 atom stereocenters. The zero-order valence-electron chi connectivity index (χ0n) is 11.2. The summed E-state index contributed by atoms with van der Waals surface area (Å²) in [5.74, 6) is 0.964. The van der Waals surface area contributed by atoms with E-state index in [0.29, 0.717) is 12.1 Å². The highest BCUT2D eigenvalue weighted by Gasteiger charge is 2.32. The van der Waals surface area contributed by atoms with Gasteiger partial charge in [-0.15, -0.1) is 0 Å². The van der Waals surface area contributed by atoms with Gasteiger partial charge >= 0.3 is 0 Å². The maximum Gasteiger partial charge on any atom is 0.0169 e. The average Bonchev–Trinajstić information content (AvgIpc) is 2.27. The standard InChI is InChI=1S/C14H28N2/c1-4-13-7-5-6-8-14(13)16-9-11(2)15-12(3)10-16/h11-15H,4-10H2,1-3H3. The SMILES string of the molecule is CCC1CCCCC1N1CC(C)NC(C)C1. The first-order chi connectivity index (χ1) is 7.70. The molecule has 0 radical (unpaired) electrons. The summed E-state index contributed by atoms with van der Waals surface area (Å²) in [7, 11) is 0. The minimum absolute atomic E-state index is 0.670. The molecule has 4 unspecified atom stereocenters. The van der Waals surface area contributed by atoms with Crippen LogP contribution in [0, 0.1) is 5.92 Å². The average molecular weight is 224 g/mol. The summed E-state index contributed by atoms with van der Waals surface area (Å²) < 4.78 is 0. The number of hydrogen-bond acceptors (Lipinski definition) is 2. The molecule has 0 aromatic rings. The van der Waals surface area contributed by atoms with Crippen molar-refractivity contribution < 1.29 is 0 Å². The van der Waals surface area contributed by atoms with Crippen LogP contribution in [0.4, 0.5) is 0 Å². The van der Waals surface area contributed by atoms with Crippen LogP contribution in [0.3, 0.4) is 0 Å². The number of nitrogens with zero attached hydrogens (tertiary/aromatic N) is 1. The summed E-state index contributed by atoms with van der Waals surface area (Å²) in [6, 6.07) is 2.22. The van der Waals surface area contributed by atoms with Gasteiger partial charge in [0.15, 0.2) is 0 Å². The van der Waals surface area contributed by atoms with Crippen LogP contribution in [0.2, 0.25) is 0 Å². The lowest BCUT2D eigenvalue weighted by Crippen LogP contribution is -2.58. The molecule has 1 aliphatic heterocycles. The van der Waals surface area contributed by atoms with Gasteiger partial charge in [-0.1, -0.05) is 26.2 Å². The van der Waals surface area contributed by atoms with E-state index in [-0.39, 0.29) is 0 Å². The van der Waals surface area contributed by atoms with Gasteiger partial charge in [0.1, 0.15) is 0 Å². The van der Waals surface area contributed by atoms with Gasteiger partial charge in [-0.05, 0) is 32.6 Å². The second kappa shape index (κ2) is 5.50. The summed E-state index contributed by atoms with van der Waals surface area (Å²) in [5, 5.41) is 3.64. The predicted octanol–water partition coefficient (Wildman–Crippen LogP) is 2.64. The van der Waals surface area contributed by atoms with E-state index < -0.39 is 0 Å². The van der Waals surface area contributed by atoms with Gasteiger partial charge in [0.25, 0.3) is 0 Å². The Morgan fingerprint density at radius 2 is 1.69 bits per heavy atom. The van der Waals surface area contributed by atoms with E-state index in [1.165, 1.54) is 45.2 Å². The van der Waals surface area contributed by atoms with Gasteiger partial charge < -0.3 is 5.32 Å². The van der Waals surface area contributed by atoms with Crippen LogP contribution in [-0.2, 0) is 0 Å². The highest BCUT2D eigenvalue weighted by molar-refractivity contribution is 4.89. The molecule has 1 heterocycles. The van der Waals surface area contributed by atoms with Crippen molar-refractivity contribution in [2.45, 2.75) is 71.0 Å². The second-order valence-corrected chi connectivity index (χ2v) is 5.94. The molecule has 2 aliphatic rings. The Bertz CT molecular complexity index is 207. The van der Waals surface area contributed by atoms with Gasteiger partial charge in [-0.3, -0.25) is 4.90 Å². The van der Waals surface area contributed by atoms with E-state index in [1.807, 2.05) is 0 Å². The molecule has 1 N–H and O–H groups in total. The van der Waals surface area contributed by atoms with Crippen molar-refractivity contribution >= 4 is 0 Å². The molecule has 1 saturated carbocycles. The lowest BCUT2D eigenvalue weighted by atomic mass is 9.81. The Labute approximate surface area is 101 Å². The third kappa shape index (κ3) is 2.78. The van der Waals surface area contributed by atoms with E-state index >= 15 is 0 Å². The molecule has 2 heteroatoms. The van der Waals surface area contributed by atoms with Crippen LogP contribution in [0.1, 0.15) is 52.9 Å². The van der Waals surface area contributed by atoms with Gasteiger partial charge in [-0.25, -0.2) is 0 Å². The summed E-state index contributed by atoms with van der Waals surface area (Å²) in [5.41, 5.74) is 0. The van der Waals surface area contributed by atoms with Crippen LogP contribution < -0.4 is 5.32 Å². The molecule has 1 aliphatic carbocycles. The molecule has 16 heavy (non-hydrogen) atoms. The first-order valence-corrected chi connectivity index (χ1v) is 7.20. The highest BCUT2D eigenvalue weighted by atomic mass is 15.2. The lowest BCUT2D eigenvalue weighted by Gasteiger charge is -2.45. The fourth-order valence-electron chi connectivity index (χ4n) is 3.78. The van der Waals surface area contributed by atoms with Crippen molar-refractivity contribution in [2.24, 2.45) is 5.92 Å². The molecule has 0 aromatic heterocycles. The fourth-order valence-corrected chi connectivity index (χ4v) is 3.78. The minimum atomic E-state index is 0.670. The van der Waals surface area contributed by atoms with Crippen molar-refractivity contribution in [3.8, 4) is 0 Å². The van der Waals surface area contributed by atoms with Crippen molar-refractivity contribution in [1.82, 2.24) is 10.2 Å². The smallest absolute Gasteiger partial charge is 0.0169 e. The molecule has 2 rings (SSSR count). The molecule has 94 valence electrons. The molecular weight excluding hydrogens is 196 g/mol. The predicted molar refractivity (Wildman–Crippen MR) is 69.7 cm³/mol. The highest BCUT2D eigenvalue weighted by Crippen LogP contribution is 2.31. The van der Waals surface area contributed by atoms with Gasteiger partial charge in [0.05, 0.1) is 0 Å². The Hall–Kier alpha value is -0.0800. The van der Waals surface area contributed by atoms with E-state index in [0.717, 1.165) is 12.0 Å². The van der Waals surface area contributed by atoms with Crippen LogP contribution in [0.15, 0.2) is 0 Å². The number of rotatable bonds is 2. The number of hydrogen-bond donors (Lipinski definition) is 1. The van der Waals surface area contributed by atoms with Gasteiger partial charge in [0, 0.05) is 31.2 Å². The van der Waals surface area contributed by atoms with Gasteiger partial charge in [-0.2, -0.15) is 0 Å². The minimum Gasteiger partial charge on any atom is -0.309 e. The number of piperazine rings is 1. The fraction of sp³-hybridized carbons (Fsp3) is 1.00. The van der Waals surface area contributed by atoms with Crippen LogP contribution in [0.25, 0.3) is 0 Å². The maximum atomic E-state index is 3.64. The Morgan fingerprint density at radius 3 is 2.31 bits per heavy atom. The molecule has 0 aromatic carbocycles. The molecule has 0 bridgehead atoms. The first-order valence-electron chi connectivity index (χ1n) is 7.20. The van der Waals surface area contributed by atoms with E-state index in [1.54, 1.807) is 0 Å². The Morgan fingerprint density at radius 1 is 1.06 bits per heavy atom. The quantitative estimate of drug-likeness (QED) is 0.776. The second-order valence-electron chi connectivity index (χ2n) is 5.94. The summed E-state index contributed by atoms with van der Waals surface area (Å²) >= 11 is 0. The first kappa shape index (κ1) is 12.4. The summed E-state index contributed by atoms with van der Waals surface area (Å²) in [4.78, 5) is 2.78. The Balaban J connectivity index is 1.98. The monoisotopic (exact) mass is 224 g/mol. The van der Waals surface area contributed by atoms with Gasteiger partial charge in [0.2, 0.25) is 0 Å². The normalized spacial score (nSPS) is 42.2. The van der Waals surface area contributed by atoms with Crippen molar-refractivity contribution in [2.75, 3.05) is 13.1 Å².